The Bertz CT molecular complexity index is 1170. The van der Waals surface area contributed by atoms with Crippen molar-refractivity contribution in [3.05, 3.63) is 98.2 Å². The third kappa shape index (κ3) is 4.97. The fourth-order valence-electron chi connectivity index (χ4n) is 4.85. The molecule has 2 aliphatic rings. The van der Waals surface area contributed by atoms with Gasteiger partial charge in [0, 0.05) is 0 Å². The summed E-state index contributed by atoms with van der Waals surface area (Å²) >= 11 is -0.929. The SMILES string of the molecule is CC(C)(C)c1ccc2c(c1)[CH]([Zr+2][C]1=C(c3ccoc3)C=CC1)c1cc(C(C)(C)C)ccc1-2.[Cl-].[Cl-]. The summed E-state index contributed by atoms with van der Waals surface area (Å²) in [4.78, 5) is 0. The number of fused-ring (bicyclic) bond motifs is 3. The molecule has 5 rings (SSSR count). The van der Waals surface area contributed by atoms with Crippen LogP contribution in [0.3, 0.4) is 0 Å². The van der Waals surface area contributed by atoms with Crippen LogP contribution in [0.4, 0.5) is 0 Å². The number of benzene rings is 2. The molecule has 0 fully saturated rings. The van der Waals surface area contributed by atoms with Crippen LogP contribution in [-0.2, 0) is 34.1 Å². The smallest absolute Gasteiger partial charge is 1.00 e. The fourth-order valence-corrected chi connectivity index (χ4v) is 9.17. The summed E-state index contributed by atoms with van der Waals surface area (Å²) in [6.07, 6.45) is 9.45. The first-order chi connectivity index (χ1) is 15.1. The van der Waals surface area contributed by atoms with Gasteiger partial charge in [-0.25, -0.2) is 0 Å². The minimum absolute atomic E-state index is 0. The number of hydrogen-bond acceptors (Lipinski definition) is 1. The minimum Gasteiger partial charge on any atom is -1.00 e. The molecule has 0 unspecified atom stereocenters. The maximum Gasteiger partial charge on any atom is -1.00 e. The van der Waals surface area contributed by atoms with E-state index in [1.165, 1.54) is 33.4 Å². The summed E-state index contributed by atoms with van der Waals surface area (Å²) in [6.45, 7) is 13.9. The molecule has 0 radical (unpaired) electrons. The van der Waals surface area contributed by atoms with E-state index in [1.54, 1.807) is 20.7 Å². The van der Waals surface area contributed by atoms with Gasteiger partial charge in [0.05, 0.1) is 0 Å². The molecular formula is C30H32Cl2OZr. The van der Waals surface area contributed by atoms with Gasteiger partial charge < -0.3 is 24.8 Å². The molecule has 0 N–H and O–H groups in total. The Morgan fingerprint density at radius 2 is 1.35 bits per heavy atom. The van der Waals surface area contributed by atoms with Crippen molar-refractivity contribution >= 4 is 5.57 Å². The van der Waals surface area contributed by atoms with Gasteiger partial charge in [-0.1, -0.05) is 0 Å². The van der Waals surface area contributed by atoms with Crippen molar-refractivity contribution in [2.24, 2.45) is 0 Å². The Labute approximate surface area is 228 Å². The molecule has 0 amide bonds. The molecule has 1 nitrogen and oxygen atoms in total. The molecule has 176 valence electrons. The van der Waals surface area contributed by atoms with E-state index in [0.717, 1.165) is 6.42 Å². The molecule has 0 aliphatic heterocycles. The van der Waals surface area contributed by atoms with Gasteiger partial charge in [-0.15, -0.1) is 0 Å². The number of rotatable bonds is 3. The van der Waals surface area contributed by atoms with Crippen LogP contribution < -0.4 is 24.8 Å². The molecule has 0 saturated heterocycles. The first-order valence-electron chi connectivity index (χ1n) is 11.6. The van der Waals surface area contributed by atoms with E-state index >= 15 is 0 Å². The summed E-state index contributed by atoms with van der Waals surface area (Å²) in [5.74, 6) is 0. The van der Waals surface area contributed by atoms with Crippen molar-refractivity contribution < 1.29 is 52.5 Å². The van der Waals surface area contributed by atoms with Crippen LogP contribution in [0.5, 0.6) is 0 Å². The van der Waals surface area contributed by atoms with Crippen LogP contribution in [0, 0.1) is 0 Å². The third-order valence-corrected chi connectivity index (χ3v) is 11.1. The van der Waals surface area contributed by atoms with E-state index in [-0.39, 0.29) is 35.6 Å². The second-order valence-corrected chi connectivity index (χ2v) is 14.8. The monoisotopic (exact) mass is 568 g/mol. The van der Waals surface area contributed by atoms with Gasteiger partial charge in [0.1, 0.15) is 0 Å². The van der Waals surface area contributed by atoms with Gasteiger partial charge in [-0.05, 0) is 0 Å². The molecule has 1 aromatic heterocycles. The summed E-state index contributed by atoms with van der Waals surface area (Å²) < 4.78 is 7.66. The van der Waals surface area contributed by atoms with E-state index < -0.39 is 23.2 Å². The van der Waals surface area contributed by atoms with Crippen molar-refractivity contribution in [3.8, 4) is 11.1 Å². The van der Waals surface area contributed by atoms with E-state index in [9.17, 15) is 0 Å². The van der Waals surface area contributed by atoms with E-state index in [0.29, 0.717) is 3.63 Å². The molecule has 4 heteroatoms. The predicted octanol–water partition coefficient (Wildman–Crippen LogP) is 2.41. The Kier molecular flexibility index (Phi) is 7.99. The minimum atomic E-state index is -0.929. The summed E-state index contributed by atoms with van der Waals surface area (Å²) in [5, 5.41) is 0. The van der Waals surface area contributed by atoms with E-state index in [4.69, 9.17) is 4.42 Å². The van der Waals surface area contributed by atoms with Crippen LogP contribution in [0.15, 0.2) is 74.8 Å². The third-order valence-electron chi connectivity index (χ3n) is 6.83. The first kappa shape index (κ1) is 27.3. The molecule has 0 spiro atoms. The number of hydrogen-bond donors (Lipinski definition) is 0. The molecular weight excluding hydrogens is 538 g/mol. The normalized spacial score (nSPS) is 14.9. The van der Waals surface area contributed by atoms with Crippen molar-refractivity contribution in [1.82, 2.24) is 0 Å². The average molecular weight is 571 g/mol. The van der Waals surface area contributed by atoms with E-state index in [1.807, 2.05) is 6.26 Å². The van der Waals surface area contributed by atoms with Crippen LogP contribution in [-0.4, -0.2) is 0 Å². The molecule has 2 aliphatic carbocycles. The topological polar surface area (TPSA) is 13.1 Å². The molecule has 0 atom stereocenters. The van der Waals surface area contributed by atoms with E-state index in [2.05, 4.69) is 96.2 Å². The van der Waals surface area contributed by atoms with Crippen LogP contribution in [0.25, 0.3) is 16.7 Å². The average Bonchev–Trinajstić information content (AvgIpc) is 3.46. The van der Waals surface area contributed by atoms with Crippen LogP contribution >= 0.6 is 0 Å². The molecule has 0 saturated carbocycles. The maximum absolute atomic E-state index is 5.41. The van der Waals surface area contributed by atoms with Crippen LogP contribution in [0.1, 0.15) is 79.4 Å². The summed E-state index contributed by atoms with van der Waals surface area (Å²) in [7, 11) is 0. The van der Waals surface area contributed by atoms with Crippen LogP contribution in [0.2, 0.25) is 0 Å². The van der Waals surface area contributed by atoms with Crippen molar-refractivity contribution in [2.45, 2.75) is 62.4 Å². The Balaban J connectivity index is 0.00000162. The van der Waals surface area contributed by atoms with Gasteiger partial charge >= 0.3 is 205 Å². The molecule has 2 aromatic carbocycles. The van der Waals surface area contributed by atoms with Crippen molar-refractivity contribution in [1.29, 1.82) is 0 Å². The van der Waals surface area contributed by atoms with Crippen molar-refractivity contribution in [2.75, 3.05) is 0 Å². The molecule has 1 heterocycles. The first-order valence-corrected chi connectivity index (χ1v) is 14.3. The van der Waals surface area contributed by atoms with Gasteiger partial charge in [0.15, 0.2) is 0 Å². The predicted molar refractivity (Wildman–Crippen MR) is 131 cm³/mol. The Hall–Kier alpha value is -1.34. The van der Waals surface area contributed by atoms with Gasteiger partial charge in [-0.3, -0.25) is 0 Å². The van der Waals surface area contributed by atoms with Crippen molar-refractivity contribution in [3.63, 3.8) is 0 Å². The number of halogens is 2. The summed E-state index contributed by atoms with van der Waals surface area (Å²) in [6, 6.07) is 16.6. The van der Waals surface area contributed by atoms with Gasteiger partial charge in [0.25, 0.3) is 0 Å². The Morgan fingerprint density at radius 1 is 0.794 bits per heavy atom. The Morgan fingerprint density at radius 3 is 1.82 bits per heavy atom. The summed E-state index contributed by atoms with van der Waals surface area (Å²) in [5.41, 5.74) is 11.9. The quantitative estimate of drug-likeness (QED) is 0.472. The molecule has 3 aromatic rings. The zero-order chi connectivity index (χ0) is 22.7. The number of furan rings is 1. The second-order valence-electron chi connectivity index (χ2n) is 11.2. The standard InChI is InChI=1S/C21H25.C9H7O.2ClH.Zr/c1-20(2,3)16-7-9-18-14(12-16)11-15-13-17(21(4,5)6)8-10-19(15)18;1-2-4-8(3-1)9-5-6-10-7-9;;;/h7-13H,1-6H3;1,3,5-7H,2H2;2*1H;/q;;;;+2/p-2. The number of allylic oxidation sites excluding steroid dienone is 4. The maximum atomic E-state index is 5.41. The van der Waals surface area contributed by atoms with Gasteiger partial charge in [0.2, 0.25) is 0 Å². The zero-order valence-corrected chi connectivity index (χ0v) is 24.8. The second kappa shape index (κ2) is 9.96. The molecule has 34 heavy (non-hydrogen) atoms. The largest absolute Gasteiger partial charge is 1.00 e. The zero-order valence-electron chi connectivity index (χ0n) is 20.8. The molecule has 0 bridgehead atoms. The fraction of sp³-hybridized carbons (Fsp3) is 0.333. The van der Waals surface area contributed by atoms with Gasteiger partial charge in [-0.2, -0.15) is 0 Å².